The van der Waals surface area contributed by atoms with Crippen molar-refractivity contribution in [1.82, 2.24) is 0 Å². The molecule has 3 aliphatic carbocycles. The number of methoxy groups -OCH3 is 1. The van der Waals surface area contributed by atoms with Gasteiger partial charge in [0.25, 0.3) is 0 Å². The molecule has 2 atom stereocenters. The van der Waals surface area contributed by atoms with Crippen LogP contribution in [0.5, 0.6) is 0 Å². The summed E-state index contributed by atoms with van der Waals surface area (Å²) in [4.78, 5) is 0. The molecule has 152 valence electrons. The Hall–Kier alpha value is -2.64. The molecule has 0 saturated carbocycles. The van der Waals surface area contributed by atoms with Crippen molar-refractivity contribution in [3.8, 4) is 0 Å². The van der Waals surface area contributed by atoms with E-state index in [0.29, 0.717) is 18.4 Å². The van der Waals surface area contributed by atoms with Crippen LogP contribution in [0, 0.1) is 12.8 Å². The minimum Gasteiger partial charge on any atom is -0.380 e. The van der Waals surface area contributed by atoms with Crippen molar-refractivity contribution < 1.29 is 4.74 Å². The standard InChI is InChI=1S/C29H30O/c1-18-7-5-6-8-25(18)22-9-11-26-23(15-22)16-24(17-30-4)29-27(26)12-10-21-13-19(2)20(3)14-28(21)29/h5-14,20,22H,15-17H2,1-4H3. The first kappa shape index (κ1) is 19.3. The molecule has 0 bridgehead atoms. The zero-order valence-electron chi connectivity index (χ0n) is 18.5. The Bertz CT molecular complexity index is 1240. The van der Waals surface area contributed by atoms with E-state index in [1.807, 2.05) is 7.11 Å². The van der Waals surface area contributed by atoms with E-state index in [0.717, 1.165) is 12.8 Å². The highest BCUT2D eigenvalue weighted by molar-refractivity contribution is 5.85. The fraction of sp³-hybridized carbons (Fsp3) is 0.310. The normalized spacial score (nSPS) is 22.1. The van der Waals surface area contributed by atoms with Crippen LogP contribution in [0.1, 0.15) is 54.9 Å². The number of ether oxygens (including phenoxy) is 1. The number of aryl methyl sites for hydroxylation is 1. The van der Waals surface area contributed by atoms with Crippen LogP contribution in [-0.4, -0.2) is 13.7 Å². The van der Waals surface area contributed by atoms with Crippen molar-refractivity contribution >= 4 is 23.3 Å². The van der Waals surface area contributed by atoms with Crippen LogP contribution in [0.25, 0.3) is 23.3 Å². The van der Waals surface area contributed by atoms with Gasteiger partial charge in [0, 0.05) is 13.0 Å². The van der Waals surface area contributed by atoms with Gasteiger partial charge in [-0.15, -0.1) is 0 Å². The second-order valence-electron chi connectivity index (χ2n) is 9.09. The summed E-state index contributed by atoms with van der Waals surface area (Å²) in [6, 6.07) is 13.5. The quantitative estimate of drug-likeness (QED) is 0.665. The van der Waals surface area contributed by atoms with Gasteiger partial charge < -0.3 is 4.74 Å². The molecule has 2 aromatic rings. The lowest BCUT2D eigenvalue weighted by Crippen LogP contribution is -2.38. The molecular weight excluding hydrogens is 364 g/mol. The van der Waals surface area contributed by atoms with E-state index < -0.39 is 0 Å². The number of fused-ring (bicyclic) bond motifs is 4. The third-order valence-corrected chi connectivity index (χ3v) is 7.12. The number of allylic oxidation sites excluding steroid dienone is 5. The summed E-state index contributed by atoms with van der Waals surface area (Å²) >= 11 is 0. The maximum atomic E-state index is 5.68. The SMILES string of the molecule is COCC1=c2c(ccc3c2=CC(C)C(C)=C3)C2=C(C1)CC(c1ccccc1C)C=C2. The summed E-state index contributed by atoms with van der Waals surface area (Å²) in [5.41, 5.74) is 11.4. The van der Waals surface area contributed by atoms with Crippen LogP contribution in [0.15, 0.2) is 59.7 Å². The Labute approximate surface area is 179 Å². The van der Waals surface area contributed by atoms with Gasteiger partial charge in [0.15, 0.2) is 0 Å². The molecule has 2 aromatic carbocycles. The van der Waals surface area contributed by atoms with Crippen molar-refractivity contribution in [1.29, 1.82) is 0 Å². The second-order valence-corrected chi connectivity index (χ2v) is 9.09. The van der Waals surface area contributed by atoms with Gasteiger partial charge >= 0.3 is 0 Å². The smallest absolute Gasteiger partial charge is 0.0685 e. The Balaban J connectivity index is 1.65. The summed E-state index contributed by atoms with van der Waals surface area (Å²) in [6.07, 6.45) is 11.7. The molecule has 0 aromatic heterocycles. The maximum absolute atomic E-state index is 5.68. The highest BCUT2D eigenvalue weighted by Gasteiger charge is 2.26. The molecule has 0 radical (unpaired) electrons. The predicted octanol–water partition coefficient (Wildman–Crippen LogP) is 5.53. The number of benzene rings is 2. The zero-order chi connectivity index (χ0) is 20.8. The van der Waals surface area contributed by atoms with Crippen molar-refractivity contribution in [3.63, 3.8) is 0 Å². The lowest BCUT2D eigenvalue weighted by Gasteiger charge is -2.29. The Morgan fingerprint density at radius 1 is 1.07 bits per heavy atom. The third-order valence-electron chi connectivity index (χ3n) is 7.12. The summed E-state index contributed by atoms with van der Waals surface area (Å²) in [7, 11) is 1.82. The van der Waals surface area contributed by atoms with E-state index in [9.17, 15) is 0 Å². The highest BCUT2D eigenvalue weighted by Crippen LogP contribution is 2.40. The molecule has 0 amide bonds. The minimum absolute atomic E-state index is 0.463. The summed E-state index contributed by atoms with van der Waals surface area (Å²) in [5.74, 6) is 0.945. The van der Waals surface area contributed by atoms with Gasteiger partial charge in [0.1, 0.15) is 0 Å². The van der Waals surface area contributed by atoms with Crippen LogP contribution < -0.4 is 10.4 Å². The molecule has 2 unspecified atom stereocenters. The van der Waals surface area contributed by atoms with Crippen LogP contribution in [0.2, 0.25) is 0 Å². The van der Waals surface area contributed by atoms with E-state index >= 15 is 0 Å². The van der Waals surface area contributed by atoms with Crippen LogP contribution in [0.4, 0.5) is 0 Å². The Kier molecular flexibility index (Phi) is 4.87. The number of hydrogen-bond donors (Lipinski definition) is 0. The van der Waals surface area contributed by atoms with E-state index in [1.54, 1.807) is 5.57 Å². The summed E-state index contributed by atoms with van der Waals surface area (Å²) < 4.78 is 5.68. The fourth-order valence-corrected chi connectivity index (χ4v) is 5.39. The van der Waals surface area contributed by atoms with Crippen molar-refractivity contribution in [3.05, 3.63) is 92.4 Å². The predicted molar refractivity (Wildman–Crippen MR) is 127 cm³/mol. The van der Waals surface area contributed by atoms with E-state index in [1.165, 1.54) is 49.4 Å². The first-order valence-electron chi connectivity index (χ1n) is 11.1. The average Bonchev–Trinajstić information content (AvgIpc) is 2.74. The number of hydrogen-bond acceptors (Lipinski definition) is 1. The third kappa shape index (κ3) is 3.13. The molecule has 3 aliphatic rings. The molecule has 0 heterocycles. The van der Waals surface area contributed by atoms with Crippen LogP contribution in [-0.2, 0) is 4.74 Å². The van der Waals surface area contributed by atoms with Gasteiger partial charge in [-0.3, -0.25) is 0 Å². The molecule has 0 aliphatic heterocycles. The van der Waals surface area contributed by atoms with E-state index in [2.05, 4.69) is 81.5 Å². The van der Waals surface area contributed by atoms with Crippen molar-refractivity contribution in [2.75, 3.05) is 13.7 Å². The largest absolute Gasteiger partial charge is 0.380 e. The van der Waals surface area contributed by atoms with Crippen LogP contribution >= 0.6 is 0 Å². The van der Waals surface area contributed by atoms with Gasteiger partial charge in [-0.2, -0.15) is 0 Å². The lowest BCUT2D eigenvalue weighted by molar-refractivity contribution is 0.237. The first-order valence-corrected chi connectivity index (χ1v) is 11.1. The molecule has 0 fully saturated rings. The van der Waals surface area contributed by atoms with Crippen molar-refractivity contribution in [2.45, 2.75) is 39.5 Å². The van der Waals surface area contributed by atoms with E-state index in [-0.39, 0.29) is 0 Å². The molecule has 1 nitrogen and oxygen atoms in total. The Morgan fingerprint density at radius 2 is 1.90 bits per heavy atom. The lowest BCUT2D eigenvalue weighted by atomic mass is 9.75. The molecule has 30 heavy (non-hydrogen) atoms. The first-order chi connectivity index (χ1) is 14.6. The summed E-state index contributed by atoms with van der Waals surface area (Å²) in [5, 5.41) is 2.82. The fourth-order valence-electron chi connectivity index (χ4n) is 5.39. The van der Waals surface area contributed by atoms with Crippen LogP contribution in [0.3, 0.4) is 0 Å². The molecular formula is C29H30O. The average molecular weight is 395 g/mol. The topological polar surface area (TPSA) is 9.23 Å². The second kappa shape index (κ2) is 7.56. The van der Waals surface area contributed by atoms with Gasteiger partial charge in [0.05, 0.1) is 6.61 Å². The maximum Gasteiger partial charge on any atom is 0.0685 e. The molecule has 1 heteroatoms. The number of rotatable bonds is 3. The van der Waals surface area contributed by atoms with Gasteiger partial charge in [-0.25, -0.2) is 0 Å². The zero-order valence-corrected chi connectivity index (χ0v) is 18.5. The van der Waals surface area contributed by atoms with E-state index in [4.69, 9.17) is 4.74 Å². The van der Waals surface area contributed by atoms with Gasteiger partial charge in [-0.1, -0.05) is 78.8 Å². The molecule has 0 saturated heterocycles. The van der Waals surface area contributed by atoms with Gasteiger partial charge in [0.2, 0.25) is 0 Å². The Morgan fingerprint density at radius 3 is 2.70 bits per heavy atom. The van der Waals surface area contributed by atoms with Crippen molar-refractivity contribution in [2.24, 2.45) is 5.92 Å². The molecule has 0 spiro atoms. The molecule has 5 rings (SSSR count). The molecule has 0 N–H and O–H groups in total. The highest BCUT2D eigenvalue weighted by atomic mass is 16.5. The monoisotopic (exact) mass is 394 g/mol. The minimum atomic E-state index is 0.463. The summed E-state index contributed by atoms with van der Waals surface area (Å²) in [6.45, 7) is 7.46. The van der Waals surface area contributed by atoms with Gasteiger partial charge in [-0.05, 0) is 76.4 Å².